The standard InChI is InChI=1S/C55H34N4S/c1-3-14-38(15-4-1)52-51-45-20-8-11-24-49(45)59(53(51)44-19-7-10-23-46(44)56-52)40-32-30-37(31-33-40)48-34-47(57-55(58-48)39-16-5-2-6-17-39)36-28-26-35(27-29-36)41-21-13-22-43-42-18-9-12-25-50(42)60-54(41)43/h1-34H. The van der Waals surface area contributed by atoms with Gasteiger partial charge in [0.2, 0.25) is 0 Å². The van der Waals surface area contributed by atoms with Crippen molar-refractivity contribution in [1.82, 2.24) is 19.5 Å². The van der Waals surface area contributed by atoms with E-state index in [0.717, 1.165) is 72.3 Å². The fraction of sp³-hybridized carbons (Fsp3) is 0. The van der Waals surface area contributed by atoms with Crippen LogP contribution in [0.25, 0.3) is 115 Å². The number of pyridine rings is 1. The number of hydrogen-bond acceptors (Lipinski definition) is 4. The highest BCUT2D eigenvalue weighted by atomic mass is 32.1. The van der Waals surface area contributed by atoms with Crippen LogP contribution < -0.4 is 0 Å². The van der Waals surface area contributed by atoms with Crippen LogP contribution in [0.2, 0.25) is 0 Å². The zero-order chi connectivity index (χ0) is 39.6. The lowest BCUT2D eigenvalue weighted by atomic mass is 10.00. The number of fused-ring (bicyclic) bond motifs is 8. The molecule has 5 heteroatoms. The number of benzene rings is 8. The minimum absolute atomic E-state index is 0.695. The van der Waals surface area contributed by atoms with Crippen LogP contribution in [0.5, 0.6) is 0 Å². The molecule has 12 aromatic rings. The molecule has 8 aromatic carbocycles. The molecule has 0 unspecified atom stereocenters. The Balaban J connectivity index is 0.980. The normalized spacial score (nSPS) is 11.7. The summed E-state index contributed by atoms with van der Waals surface area (Å²) >= 11 is 1.86. The van der Waals surface area contributed by atoms with Gasteiger partial charge in [-0.2, -0.15) is 0 Å². The highest BCUT2D eigenvalue weighted by Crippen LogP contribution is 2.43. The van der Waals surface area contributed by atoms with E-state index in [9.17, 15) is 0 Å². The van der Waals surface area contributed by atoms with Gasteiger partial charge < -0.3 is 4.57 Å². The number of aromatic nitrogens is 4. The van der Waals surface area contributed by atoms with Crippen LogP contribution in [0.3, 0.4) is 0 Å². The third kappa shape index (κ3) is 5.63. The Kier molecular flexibility index (Phi) is 8.00. The van der Waals surface area contributed by atoms with Crippen molar-refractivity contribution in [2.24, 2.45) is 0 Å². The summed E-state index contributed by atoms with van der Waals surface area (Å²) < 4.78 is 5.02. The molecule has 0 aliphatic carbocycles. The first-order chi connectivity index (χ1) is 29.7. The molecule has 0 N–H and O–H groups in total. The Morgan fingerprint density at radius 3 is 1.73 bits per heavy atom. The van der Waals surface area contributed by atoms with Gasteiger partial charge in [-0.25, -0.2) is 15.0 Å². The number of rotatable bonds is 6. The van der Waals surface area contributed by atoms with Gasteiger partial charge in [0.15, 0.2) is 5.82 Å². The molecule has 0 amide bonds. The predicted molar refractivity (Wildman–Crippen MR) is 252 cm³/mol. The number of nitrogens with zero attached hydrogens (tertiary/aromatic N) is 4. The number of thiophene rings is 1. The minimum Gasteiger partial charge on any atom is -0.308 e. The van der Waals surface area contributed by atoms with Crippen molar-refractivity contribution in [3.05, 3.63) is 206 Å². The maximum Gasteiger partial charge on any atom is 0.160 e. The topological polar surface area (TPSA) is 43.6 Å². The van der Waals surface area contributed by atoms with Crippen molar-refractivity contribution in [1.29, 1.82) is 0 Å². The summed E-state index contributed by atoms with van der Waals surface area (Å²) in [5.74, 6) is 0.695. The van der Waals surface area contributed by atoms with E-state index in [-0.39, 0.29) is 0 Å². The molecule has 0 spiro atoms. The third-order valence-electron chi connectivity index (χ3n) is 11.6. The van der Waals surface area contributed by atoms with Crippen LogP contribution in [0.1, 0.15) is 0 Å². The summed E-state index contributed by atoms with van der Waals surface area (Å²) in [7, 11) is 0. The second-order valence-corrected chi connectivity index (χ2v) is 16.2. The first-order valence-corrected chi connectivity index (χ1v) is 21.0. The molecule has 4 heterocycles. The van der Waals surface area contributed by atoms with Crippen LogP contribution in [0, 0.1) is 0 Å². The quantitative estimate of drug-likeness (QED) is 0.169. The van der Waals surface area contributed by atoms with Crippen molar-refractivity contribution in [3.8, 4) is 62.0 Å². The Morgan fingerprint density at radius 1 is 0.400 bits per heavy atom. The molecule has 0 atom stereocenters. The molecule has 4 nitrogen and oxygen atoms in total. The molecule has 0 bridgehead atoms. The Hall–Kier alpha value is -7.73. The minimum atomic E-state index is 0.695. The third-order valence-corrected chi connectivity index (χ3v) is 12.8. The summed E-state index contributed by atoms with van der Waals surface area (Å²) in [6.07, 6.45) is 0. The SMILES string of the molecule is c1ccc(-c2nc(-c3ccc(-c4cccc5c4sc4ccccc45)cc3)cc(-c3ccc(-n4c5ccccc5c5c(-c6ccccc6)nc6ccccc6c54)cc3)n2)cc1. The summed E-state index contributed by atoms with van der Waals surface area (Å²) in [5, 5.41) is 6.06. The van der Waals surface area contributed by atoms with Crippen LogP contribution in [0.4, 0.5) is 0 Å². The largest absolute Gasteiger partial charge is 0.308 e. The Labute approximate surface area is 350 Å². The maximum atomic E-state index is 5.26. The molecule has 0 radical (unpaired) electrons. The molecule has 4 aromatic heterocycles. The molecule has 60 heavy (non-hydrogen) atoms. The summed E-state index contributed by atoms with van der Waals surface area (Å²) in [6.45, 7) is 0. The molecule has 0 fully saturated rings. The Bertz CT molecular complexity index is 3570. The monoisotopic (exact) mass is 782 g/mol. The van der Waals surface area contributed by atoms with Gasteiger partial charge in [0, 0.05) is 64.3 Å². The molecular formula is C55H34N4S. The lowest BCUT2D eigenvalue weighted by molar-refractivity contribution is 1.17. The molecule has 0 saturated carbocycles. The van der Waals surface area contributed by atoms with Gasteiger partial charge in [-0.15, -0.1) is 11.3 Å². The van der Waals surface area contributed by atoms with Gasteiger partial charge in [0.1, 0.15) is 0 Å². The second-order valence-electron chi connectivity index (χ2n) is 15.2. The van der Waals surface area contributed by atoms with E-state index >= 15 is 0 Å². The van der Waals surface area contributed by atoms with Gasteiger partial charge in [-0.3, -0.25) is 0 Å². The summed E-state index contributed by atoms with van der Waals surface area (Å²) in [5.41, 5.74) is 13.6. The maximum absolute atomic E-state index is 5.26. The van der Waals surface area contributed by atoms with Crippen LogP contribution >= 0.6 is 11.3 Å². The van der Waals surface area contributed by atoms with Gasteiger partial charge in [-0.1, -0.05) is 170 Å². The fourth-order valence-corrected chi connectivity index (χ4v) is 10.0. The number of para-hydroxylation sites is 2. The van der Waals surface area contributed by atoms with Crippen molar-refractivity contribution < 1.29 is 0 Å². The van der Waals surface area contributed by atoms with E-state index in [1.54, 1.807) is 0 Å². The van der Waals surface area contributed by atoms with Crippen molar-refractivity contribution in [2.45, 2.75) is 0 Å². The summed E-state index contributed by atoms with van der Waals surface area (Å²) in [6, 6.07) is 73.0. The van der Waals surface area contributed by atoms with Crippen molar-refractivity contribution in [3.63, 3.8) is 0 Å². The Morgan fingerprint density at radius 2 is 0.983 bits per heavy atom. The fourth-order valence-electron chi connectivity index (χ4n) is 8.79. The van der Waals surface area contributed by atoms with E-state index in [4.69, 9.17) is 15.0 Å². The average Bonchev–Trinajstić information content (AvgIpc) is 3.89. The van der Waals surface area contributed by atoms with Crippen LogP contribution in [-0.2, 0) is 0 Å². The van der Waals surface area contributed by atoms with Gasteiger partial charge >= 0.3 is 0 Å². The lowest BCUT2D eigenvalue weighted by Crippen LogP contribution is -1.98. The number of hydrogen-bond donors (Lipinski definition) is 0. The first-order valence-electron chi connectivity index (χ1n) is 20.2. The molecule has 0 saturated heterocycles. The van der Waals surface area contributed by atoms with E-state index in [1.165, 1.54) is 36.7 Å². The first kappa shape index (κ1) is 34.3. The van der Waals surface area contributed by atoms with Crippen molar-refractivity contribution >= 4 is 64.2 Å². The van der Waals surface area contributed by atoms with Gasteiger partial charge in [0.25, 0.3) is 0 Å². The summed E-state index contributed by atoms with van der Waals surface area (Å²) in [4.78, 5) is 15.6. The van der Waals surface area contributed by atoms with Gasteiger partial charge in [-0.05, 0) is 47.5 Å². The predicted octanol–water partition coefficient (Wildman–Crippen LogP) is 14.8. The molecule has 0 aliphatic rings. The molecule has 12 rings (SSSR count). The average molecular weight is 783 g/mol. The highest BCUT2D eigenvalue weighted by Gasteiger charge is 2.21. The second kappa shape index (κ2) is 14.0. The van der Waals surface area contributed by atoms with E-state index in [2.05, 4.69) is 193 Å². The van der Waals surface area contributed by atoms with E-state index in [0.29, 0.717) is 5.82 Å². The van der Waals surface area contributed by atoms with E-state index in [1.807, 2.05) is 29.5 Å². The van der Waals surface area contributed by atoms with Crippen molar-refractivity contribution in [2.75, 3.05) is 0 Å². The van der Waals surface area contributed by atoms with Gasteiger partial charge in [0.05, 0.1) is 33.6 Å². The lowest BCUT2D eigenvalue weighted by Gasteiger charge is -2.13. The smallest absolute Gasteiger partial charge is 0.160 e. The van der Waals surface area contributed by atoms with Crippen LogP contribution in [-0.4, -0.2) is 19.5 Å². The molecular weight excluding hydrogens is 749 g/mol. The zero-order valence-corrected chi connectivity index (χ0v) is 33.1. The zero-order valence-electron chi connectivity index (χ0n) is 32.3. The highest BCUT2D eigenvalue weighted by molar-refractivity contribution is 7.26. The van der Waals surface area contributed by atoms with Crippen LogP contribution in [0.15, 0.2) is 206 Å². The molecule has 0 aliphatic heterocycles. The molecule has 280 valence electrons. The van der Waals surface area contributed by atoms with E-state index < -0.39 is 0 Å².